The van der Waals surface area contributed by atoms with Crippen LogP contribution in [0.25, 0.3) is 10.2 Å². The number of fused-ring (bicyclic) bond motifs is 1. The van der Waals surface area contributed by atoms with E-state index in [1.807, 2.05) is 17.9 Å². The van der Waals surface area contributed by atoms with E-state index in [0.29, 0.717) is 29.3 Å². The average Bonchev–Trinajstić information content (AvgIpc) is 2.91. The summed E-state index contributed by atoms with van der Waals surface area (Å²) in [6.45, 7) is 2.81. The van der Waals surface area contributed by atoms with Gasteiger partial charge >= 0.3 is 6.09 Å². The molecule has 29 heavy (non-hydrogen) atoms. The van der Waals surface area contributed by atoms with E-state index in [0.717, 1.165) is 41.4 Å². The first kappa shape index (κ1) is 21.6. The molecule has 1 unspecified atom stereocenters. The van der Waals surface area contributed by atoms with Crippen molar-refractivity contribution in [2.24, 2.45) is 5.73 Å². The van der Waals surface area contributed by atoms with Crippen molar-refractivity contribution in [1.29, 1.82) is 0 Å². The molecule has 1 aliphatic rings. The number of hydrogen-bond donors (Lipinski definition) is 4. The molecule has 6 N–H and O–H groups in total. The average molecular weight is 444 g/mol. The number of sulfonamides is 1. The topological polar surface area (TPSA) is 161 Å². The molecule has 1 amide bonds. The molecule has 0 bridgehead atoms. The van der Waals surface area contributed by atoms with Gasteiger partial charge in [0.05, 0.1) is 24.1 Å². The number of nitrogens with two attached hydrogens (primary N) is 2. The molecule has 2 atom stereocenters. The van der Waals surface area contributed by atoms with Gasteiger partial charge in [-0.2, -0.15) is 0 Å². The fourth-order valence-electron chi connectivity index (χ4n) is 3.51. The number of nitrogen functional groups attached to an aromatic ring is 1. The number of aliphatic hydroxyl groups excluding tert-OH is 1. The molecule has 1 saturated heterocycles. The van der Waals surface area contributed by atoms with E-state index >= 15 is 0 Å². The number of ether oxygens (including phenoxy) is 1. The molecule has 3 heterocycles. The number of nitrogens with one attached hydrogen (secondary N) is 1. The number of aliphatic hydroxyl groups is 1. The first-order valence-electron chi connectivity index (χ1n) is 9.18. The predicted octanol–water partition coefficient (Wildman–Crippen LogP) is 0.777. The van der Waals surface area contributed by atoms with E-state index in [1.54, 1.807) is 0 Å². The van der Waals surface area contributed by atoms with Crippen LogP contribution in [0.5, 0.6) is 5.06 Å². The van der Waals surface area contributed by atoms with E-state index in [1.165, 1.54) is 0 Å². The minimum Gasteiger partial charge on any atom is -0.397 e. The van der Waals surface area contributed by atoms with Gasteiger partial charge in [-0.1, -0.05) is 24.7 Å². The number of hydrogen-bond acceptors (Lipinski definition) is 9. The number of carbonyl (C=O) groups excluding carboxylic acids is 1. The van der Waals surface area contributed by atoms with Gasteiger partial charge < -0.3 is 26.2 Å². The van der Waals surface area contributed by atoms with Crippen molar-refractivity contribution in [2.45, 2.75) is 38.3 Å². The molecular formula is C17H25N5O5S2. The number of β-amino-alcohol motifs (C(OH)–C–C–N with tert-alkyl or cyclic N) is 1. The third-order valence-electron chi connectivity index (χ3n) is 4.72. The quantitative estimate of drug-likeness (QED) is 0.509. The molecule has 0 aliphatic carbocycles. The van der Waals surface area contributed by atoms with Gasteiger partial charge in [-0.3, -0.25) is 0 Å². The Bertz CT molecular complexity index is 1020. The van der Waals surface area contributed by atoms with E-state index in [-0.39, 0.29) is 11.6 Å². The fraction of sp³-hybridized carbons (Fsp3) is 0.529. The highest BCUT2D eigenvalue weighted by Gasteiger charge is 2.31. The Labute approximate surface area is 172 Å². The number of anilines is 2. The Balaban J connectivity index is 1.93. The number of amides is 1. The minimum absolute atomic E-state index is 0.214. The minimum atomic E-state index is -3.40. The normalized spacial score (nSPS) is 20.2. The summed E-state index contributed by atoms with van der Waals surface area (Å²) in [6.07, 6.45) is 1.34. The van der Waals surface area contributed by atoms with Crippen LogP contribution in [0.1, 0.15) is 25.3 Å². The summed E-state index contributed by atoms with van der Waals surface area (Å²) in [5, 5.41) is 11.4. The molecular weight excluding hydrogens is 418 g/mol. The second kappa shape index (κ2) is 8.30. The van der Waals surface area contributed by atoms with Gasteiger partial charge in [0.1, 0.15) is 10.6 Å². The van der Waals surface area contributed by atoms with Crippen LogP contribution in [0.15, 0.2) is 6.07 Å². The smallest absolute Gasteiger partial charge is 0.397 e. The van der Waals surface area contributed by atoms with Crippen molar-refractivity contribution in [3.8, 4) is 5.06 Å². The molecule has 12 heteroatoms. The molecule has 160 valence electrons. The number of primary amides is 1. The standard InChI is InChI=1S/C17H25N5O5S2/c1-3-4-9-7-12(20-15-13(9)14(18)16(28-15)27-17(19)24)22-6-5-10(11(23)8-22)21-29(2,25)26/h7,10-11,21,23H,3-6,8,18H2,1-2H3,(H2,19,24)/t10?,11-/m0/s1. The number of thiophene rings is 1. The molecule has 2 aromatic rings. The van der Waals surface area contributed by atoms with Gasteiger partial charge in [-0.05, 0) is 24.5 Å². The Morgan fingerprint density at radius 2 is 2.24 bits per heavy atom. The molecule has 10 nitrogen and oxygen atoms in total. The van der Waals surface area contributed by atoms with E-state index in [4.69, 9.17) is 16.2 Å². The van der Waals surface area contributed by atoms with Crippen molar-refractivity contribution < 1.29 is 23.1 Å². The van der Waals surface area contributed by atoms with Gasteiger partial charge in [0.2, 0.25) is 15.1 Å². The lowest BCUT2D eigenvalue weighted by Gasteiger charge is -2.36. The zero-order chi connectivity index (χ0) is 21.3. The van der Waals surface area contributed by atoms with Crippen LogP contribution in [0, 0.1) is 0 Å². The fourth-order valence-corrected chi connectivity index (χ4v) is 5.33. The van der Waals surface area contributed by atoms with Crippen LogP contribution in [-0.4, -0.2) is 56.1 Å². The van der Waals surface area contributed by atoms with Crippen LogP contribution < -0.4 is 25.8 Å². The van der Waals surface area contributed by atoms with Crippen molar-refractivity contribution in [2.75, 3.05) is 30.0 Å². The van der Waals surface area contributed by atoms with Crippen molar-refractivity contribution in [3.63, 3.8) is 0 Å². The van der Waals surface area contributed by atoms with Gasteiger partial charge in [0, 0.05) is 18.5 Å². The molecule has 0 spiro atoms. The largest absolute Gasteiger partial charge is 0.410 e. The second-order valence-corrected chi connectivity index (χ2v) is 9.83. The highest BCUT2D eigenvalue weighted by molar-refractivity contribution is 7.88. The number of aryl methyl sites for hydroxylation is 1. The van der Waals surface area contributed by atoms with Crippen LogP contribution in [0.3, 0.4) is 0 Å². The summed E-state index contributed by atoms with van der Waals surface area (Å²) in [5.74, 6) is 0.657. The van der Waals surface area contributed by atoms with Crippen LogP contribution >= 0.6 is 11.3 Å². The zero-order valence-corrected chi connectivity index (χ0v) is 17.8. The summed E-state index contributed by atoms with van der Waals surface area (Å²) in [7, 11) is -3.40. The third kappa shape index (κ3) is 4.89. The van der Waals surface area contributed by atoms with Crippen molar-refractivity contribution >= 4 is 49.2 Å². The number of nitrogens with zero attached hydrogens (tertiary/aromatic N) is 2. The summed E-state index contributed by atoms with van der Waals surface area (Å²) < 4.78 is 30.4. The second-order valence-electron chi connectivity index (χ2n) is 7.09. The number of rotatable bonds is 6. The highest BCUT2D eigenvalue weighted by Crippen LogP contribution is 2.42. The lowest BCUT2D eigenvalue weighted by atomic mass is 10.0. The first-order valence-corrected chi connectivity index (χ1v) is 11.9. The predicted molar refractivity (Wildman–Crippen MR) is 113 cm³/mol. The molecule has 0 aromatic carbocycles. The molecule has 0 saturated carbocycles. The van der Waals surface area contributed by atoms with Gasteiger partial charge in [-0.25, -0.2) is 22.9 Å². The number of aromatic nitrogens is 1. The Hall–Kier alpha value is -2.15. The summed E-state index contributed by atoms with van der Waals surface area (Å²) in [5.41, 5.74) is 12.6. The SMILES string of the molecule is CCCc1cc(N2CCC(NS(C)(=O)=O)[C@@H](O)C2)nc2sc(OC(N)=O)c(N)c12. The molecule has 1 fully saturated rings. The molecule has 2 aromatic heterocycles. The van der Waals surface area contributed by atoms with Gasteiger partial charge in [-0.15, -0.1) is 0 Å². The lowest BCUT2D eigenvalue weighted by Crippen LogP contribution is -2.54. The summed E-state index contributed by atoms with van der Waals surface area (Å²) >= 11 is 1.14. The van der Waals surface area contributed by atoms with Crippen molar-refractivity contribution in [1.82, 2.24) is 9.71 Å². The Kier molecular flexibility index (Phi) is 6.17. The first-order chi connectivity index (χ1) is 13.6. The van der Waals surface area contributed by atoms with Crippen LogP contribution in [0.4, 0.5) is 16.3 Å². The number of carbonyl (C=O) groups is 1. The molecule has 1 aliphatic heterocycles. The van der Waals surface area contributed by atoms with E-state index in [9.17, 15) is 18.3 Å². The Morgan fingerprint density at radius 3 is 2.83 bits per heavy atom. The Morgan fingerprint density at radius 1 is 1.52 bits per heavy atom. The van der Waals surface area contributed by atoms with Crippen LogP contribution in [-0.2, 0) is 16.4 Å². The monoisotopic (exact) mass is 443 g/mol. The van der Waals surface area contributed by atoms with E-state index < -0.39 is 28.3 Å². The van der Waals surface area contributed by atoms with E-state index in [2.05, 4.69) is 9.71 Å². The molecule has 3 rings (SSSR count). The zero-order valence-electron chi connectivity index (χ0n) is 16.2. The van der Waals surface area contributed by atoms with Crippen LogP contribution in [0.2, 0.25) is 0 Å². The summed E-state index contributed by atoms with van der Waals surface area (Å²) in [6, 6.07) is 1.38. The lowest BCUT2D eigenvalue weighted by molar-refractivity contribution is 0.124. The van der Waals surface area contributed by atoms with Gasteiger partial charge in [0.25, 0.3) is 0 Å². The number of piperidine rings is 1. The number of pyridine rings is 1. The van der Waals surface area contributed by atoms with Gasteiger partial charge in [0.15, 0.2) is 0 Å². The third-order valence-corrected chi connectivity index (χ3v) is 6.43. The maximum atomic E-state index is 11.5. The van der Waals surface area contributed by atoms with Crippen molar-refractivity contribution in [3.05, 3.63) is 11.6 Å². The maximum absolute atomic E-state index is 11.5. The summed E-state index contributed by atoms with van der Waals surface area (Å²) in [4.78, 5) is 18.3. The highest BCUT2D eigenvalue weighted by atomic mass is 32.2. The molecule has 0 radical (unpaired) electrons. The maximum Gasteiger partial charge on any atom is 0.410 e.